The van der Waals surface area contributed by atoms with Gasteiger partial charge in [-0.1, -0.05) is 17.7 Å². The third-order valence-electron chi connectivity index (χ3n) is 6.32. The number of nitrogens with zero attached hydrogens (tertiary/aromatic N) is 4. The van der Waals surface area contributed by atoms with Gasteiger partial charge in [-0.15, -0.1) is 0 Å². The monoisotopic (exact) mass is 567 g/mol. The standard InChI is InChI=1S/C28H33N5O6S/c1-21(12-15-32(19-23-8-4-6-13-29-23)20-24-9-5-7-14-30-24)22(2)28(34)31-26-18-25(33(35)36)10-11-27(26)40(37,38)17-16-39-3/h4-11,13-14,18H,12,15-17,19-20H2,1-3H3,(H,31,34)/b22-21-. The number of aromatic nitrogens is 2. The Bertz CT molecular complexity index is 1410. The van der Waals surface area contributed by atoms with Gasteiger partial charge in [-0.05, 0) is 50.6 Å². The highest BCUT2D eigenvalue weighted by Crippen LogP contribution is 2.28. The Labute approximate surface area is 234 Å². The van der Waals surface area contributed by atoms with Crippen molar-refractivity contribution in [1.82, 2.24) is 14.9 Å². The molecule has 0 saturated carbocycles. The van der Waals surface area contributed by atoms with Crippen LogP contribution in [0.25, 0.3) is 0 Å². The van der Waals surface area contributed by atoms with Crippen LogP contribution < -0.4 is 5.32 Å². The molecular formula is C28H33N5O6S. The molecule has 212 valence electrons. The number of pyridine rings is 2. The molecule has 2 heterocycles. The number of anilines is 1. The van der Waals surface area contributed by atoms with Crippen LogP contribution in [-0.2, 0) is 32.5 Å². The number of hydrogen-bond donors (Lipinski definition) is 1. The average Bonchev–Trinajstić information content (AvgIpc) is 2.95. The fourth-order valence-corrected chi connectivity index (χ4v) is 5.21. The van der Waals surface area contributed by atoms with Crippen LogP contribution in [0.2, 0.25) is 0 Å². The van der Waals surface area contributed by atoms with Crippen LogP contribution in [0, 0.1) is 10.1 Å². The van der Waals surface area contributed by atoms with E-state index in [2.05, 4.69) is 20.2 Å². The van der Waals surface area contributed by atoms with Crippen LogP contribution in [0.15, 0.2) is 83.0 Å². The molecule has 1 aromatic carbocycles. The fraction of sp³-hybridized carbons (Fsp3) is 0.321. The zero-order valence-electron chi connectivity index (χ0n) is 22.7. The Morgan fingerprint density at radius 3 is 2.17 bits per heavy atom. The van der Waals surface area contributed by atoms with Crippen LogP contribution >= 0.6 is 0 Å². The van der Waals surface area contributed by atoms with Gasteiger partial charge in [0.05, 0.1) is 39.3 Å². The Hall–Kier alpha value is -4.00. The number of rotatable bonds is 14. The fourth-order valence-electron chi connectivity index (χ4n) is 3.88. The van der Waals surface area contributed by atoms with Gasteiger partial charge in [-0.3, -0.25) is 29.8 Å². The molecule has 0 saturated heterocycles. The summed E-state index contributed by atoms with van der Waals surface area (Å²) in [6, 6.07) is 14.8. The Morgan fingerprint density at radius 1 is 1.02 bits per heavy atom. The minimum absolute atomic E-state index is 0.0573. The van der Waals surface area contributed by atoms with Crippen LogP contribution in [0.4, 0.5) is 11.4 Å². The van der Waals surface area contributed by atoms with Crippen molar-refractivity contribution in [3.05, 3.63) is 99.6 Å². The number of amides is 1. The maximum atomic E-state index is 13.2. The summed E-state index contributed by atoms with van der Waals surface area (Å²) in [5, 5.41) is 13.9. The molecule has 1 amide bonds. The van der Waals surface area contributed by atoms with E-state index in [0.717, 1.165) is 35.2 Å². The molecule has 3 rings (SSSR count). The summed E-state index contributed by atoms with van der Waals surface area (Å²) < 4.78 is 30.5. The van der Waals surface area contributed by atoms with E-state index in [0.29, 0.717) is 31.6 Å². The molecule has 0 fully saturated rings. The molecule has 0 atom stereocenters. The molecule has 12 heteroatoms. The lowest BCUT2D eigenvalue weighted by molar-refractivity contribution is -0.384. The second-order valence-corrected chi connectivity index (χ2v) is 11.3. The summed E-state index contributed by atoms with van der Waals surface area (Å²) in [7, 11) is -2.49. The van der Waals surface area contributed by atoms with Crippen molar-refractivity contribution >= 4 is 27.1 Å². The van der Waals surface area contributed by atoms with Crippen molar-refractivity contribution in [3.63, 3.8) is 0 Å². The topological polar surface area (TPSA) is 145 Å². The summed E-state index contributed by atoms with van der Waals surface area (Å²) in [5.74, 6) is -0.873. The first kappa shape index (κ1) is 30.5. The van der Waals surface area contributed by atoms with Crippen molar-refractivity contribution in [2.45, 2.75) is 38.3 Å². The second-order valence-electron chi connectivity index (χ2n) is 9.21. The number of sulfone groups is 1. The lowest BCUT2D eigenvalue weighted by Crippen LogP contribution is -2.25. The van der Waals surface area contributed by atoms with E-state index in [1.807, 2.05) is 43.3 Å². The average molecular weight is 568 g/mol. The van der Waals surface area contributed by atoms with E-state index in [1.54, 1.807) is 19.3 Å². The maximum absolute atomic E-state index is 13.2. The summed E-state index contributed by atoms with van der Waals surface area (Å²) >= 11 is 0. The van der Waals surface area contributed by atoms with Gasteiger partial charge in [-0.25, -0.2) is 8.42 Å². The van der Waals surface area contributed by atoms with Gasteiger partial charge in [0.15, 0.2) is 9.84 Å². The molecule has 0 aliphatic heterocycles. The molecule has 3 aromatic rings. The SMILES string of the molecule is COCCS(=O)(=O)c1ccc([N+](=O)[O-])cc1NC(=O)/C(C)=C(/C)CCN(Cc1ccccn1)Cc1ccccn1. The highest BCUT2D eigenvalue weighted by atomic mass is 32.2. The van der Waals surface area contributed by atoms with E-state index in [9.17, 15) is 23.3 Å². The summed E-state index contributed by atoms with van der Waals surface area (Å²) in [6.07, 6.45) is 4.03. The molecule has 11 nitrogen and oxygen atoms in total. The smallest absolute Gasteiger partial charge is 0.271 e. The first-order valence-electron chi connectivity index (χ1n) is 12.6. The highest BCUT2D eigenvalue weighted by molar-refractivity contribution is 7.91. The summed E-state index contributed by atoms with van der Waals surface area (Å²) in [6.45, 7) is 5.20. The number of non-ortho nitro benzene ring substituents is 1. The third-order valence-corrected chi connectivity index (χ3v) is 8.05. The molecule has 0 radical (unpaired) electrons. The van der Waals surface area contributed by atoms with Gasteiger partial charge in [0.1, 0.15) is 0 Å². The van der Waals surface area contributed by atoms with Crippen LogP contribution in [0.3, 0.4) is 0 Å². The van der Waals surface area contributed by atoms with Crippen LogP contribution in [0.1, 0.15) is 31.7 Å². The van der Waals surface area contributed by atoms with Crippen LogP contribution in [0.5, 0.6) is 0 Å². The van der Waals surface area contributed by atoms with E-state index >= 15 is 0 Å². The number of benzene rings is 1. The van der Waals surface area contributed by atoms with Crippen molar-refractivity contribution in [2.75, 3.05) is 31.3 Å². The Kier molecular flexibility index (Phi) is 11.0. The van der Waals surface area contributed by atoms with Crippen molar-refractivity contribution < 1.29 is 22.9 Å². The zero-order valence-corrected chi connectivity index (χ0v) is 23.6. The van der Waals surface area contributed by atoms with Gasteiger partial charge in [-0.2, -0.15) is 0 Å². The minimum Gasteiger partial charge on any atom is -0.384 e. The number of ether oxygens (including phenoxy) is 1. The molecule has 0 aliphatic rings. The Balaban J connectivity index is 1.79. The largest absolute Gasteiger partial charge is 0.384 e. The van der Waals surface area contributed by atoms with Gasteiger partial charge in [0, 0.05) is 56.8 Å². The van der Waals surface area contributed by atoms with Gasteiger partial charge < -0.3 is 10.1 Å². The van der Waals surface area contributed by atoms with Gasteiger partial charge in [0.2, 0.25) is 0 Å². The quantitative estimate of drug-likeness (QED) is 0.172. The Morgan fingerprint density at radius 2 is 1.65 bits per heavy atom. The number of carbonyl (C=O) groups is 1. The maximum Gasteiger partial charge on any atom is 0.271 e. The summed E-state index contributed by atoms with van der Waals surface area (Å²) in [4.78, 5) is 34.7. The molecule has 0 unspecified atom stereocenters. The molecule has 2 aromatic heterocycles. The van der Waals surface area contributed by atoms with Gasteiger partial charge >= 0.3 is 0 Å². The molecule has 1 N–H and O–H groups in total. The predicted molar refractivity (Wildman–Crippen MR) is 151 cm³/mol. The van der Waals surface area contributed by atoms with Crippen molar-refractivity contribution in [1.29, 1.82) is 0 Å². The summed E-state index contributed by atoms with van der Waals surface area (Å²) in [5.41, 5.74) is 2.51. The van der Waals surface area contributed by atoms with E-state index < -0.39 is 20.7 Å². The normalized spacial score (nSPS) is 12.2. The molecule has 0 spiro atoms. The molecule has 40 heavy (non-hydrogen) atoms. The number of carbonyl (C=O) groups excluding carboxylic acids is 1. The number of nitro benzene ring substituents is 1. The van der Waals surface area contributed by atoms with Gasteiger partial charge in [0.25, 0.3) is 11.6 Å². The first-order chi connectivity index (χ1) is 19.1. The van der Waals surface area contributed by atoms with E-state index in [1.165, 1.54) is 7.11 Å². The first-order valence-corrected chi connectivity index (χ1v) is 14.3. The van der Waals surface area contributed by atoms with Crippen LogP contribution in [-0.4, -0.2) is 60.1 Å². The third kappa shape index (κ3) is 8.76. The lowest BCUT2D eigenvalue weighted by atomic mass is 10.1. The number of methoxy groups -OCH3 is 1. The van der Waals surface area contributed by atoms with E-state index in [4.69, 9.17) is 4.74 Å². The second kappa shape index (κ2) is 14.4. The molecular weight excluding hydrogens is 534 g/mol. The van der Waals surface area contributed by atoms with Crippen molar-refractivity contribution in [3.8, 4) is 0 Å². The number of nitro groups is 1. The van der Waals surface area contributed by atoms with Crippen molar-refractivity contribution in [2.24, 2.45) is 0 Å². The molecule has 0 bridgehead atoms. The number of hydrogen-bond acceptors (Lipinski definition) is 9. The zero-order chi connectivity index (χ0) is 29.1. The lowest BCUT2D eigenvalue weighted by Gasteiger charge is -2.22. The molecule has 0 aliphatic carbocycles. The predicted octanol–water partition coefficient (Wildman–Crippen LogP) is 4.17. The highest BCUT2D eigenvalue weighted by Gasteiger charge is 2.23. The van der Waals surface area contributed by atoms with E-state index in [-0.39, 0.29) is 28.6 Å². The minimum atomic E-state index is -3.86. The number of nitrogens with one attached hydrogen (secondary N) is 1.